The molecule has 0 aromatic heterocycles. The van der Waals surface area contributed by atoms with Gasteiger partial charge in [-0.25, -0.2) is 0 Å². The summed E-state index contributed by atoms with van der Waals surface area (Å²) in [5.41, 5.74) is 2.16. The fourth-order valence-corrected chi connectivity index (χ4v) is 4.65. The first kappa shape index (κ1) is 24.1. The maximum atomic E-state index is 13.3. The van der Waals surface area contributed by atoms with Gasteiger partial charge in [-0.05, 0) is 53.6 Å². The molecule has 0 saturated carbocycles. The highest BCUT2D eigenvalue weighted by molar-refractivity contribution is 6.15. The maximum absolute atomic E-state index is 13.3. The van der Waals surface area contributed by atoms with Crippen LogP contribution in [0.15, 0.2) is 48.2 Å². The lowest BCUT2D eigenvalue weighted by molar-refractivity contribution is -0.135. The second kappa shape index (κ2) is 9.42. The summed E-state index contributed by atoms with van der Waals surface area (Å²) in [7, 11) is 5.97. The number of carbonyl (C=O) groups excluding carboxylic acids is 2. The first-order chi connectivity index (χ1) is 17.9. The molecule has 190 valence electrons. The van der Waals surface area contributed by atoms with E-state index in [2.05, 4.69) is 0 Å². The molecule has 9 nitrogen and oxygen atoms in total. The van der Waals surface area contributed by atoms with Crippen LogP contribution >= 0.6 is 0 Å². The standard InChI is InChI=1S/C28H24O9/c1-32-19-7-5-15(12-18(19)29)17-13-24(30)36-20-8-6-16-26(31)21(37-27(16)25(17)20)9-14-10-22(33-2)28(35-4)23(11-14)34-3/h5-12,17,29H,13H2,1-4H3/b21-9-. The highest BCUT2D eigenvalue weighted by Crippen LogP contribution is 2.50. The average Bonchev–Trinajstić information content (AvgIpc) is 3.22. The normalized spacial score (nSPS) is 17.0. The number of phenols is 1. The van der Waals surface area contributed by atoms with Gasteiger partial charge in [-0.3, -0.25) is 9.59 Å². The SMILES string of the molecule is COc1ccc(C2CC(=O)Oc3ccc4c(c32)O/C(=C\c2cc(OC)c(OC)c(OC)c2)C4=O)cc1O. The Morgan fingerprint density at radius 2 is 1.57 bits per heavy atom. The largest absolute Gasteiger partial charge is 0.504 e. The van der Waals surface area contributed by atoms with Gasteiger partial charge >= 0.3 is 5.97 Å². The number of ketones is 1. The van der Waals surface area contributed by atoms with Gasteiger partial charge < -0.3 is 33.5 Å². The van der Waals surface area contributed by atoms with Crippen LogP contribution in [0, 0.1) is 0 Å². The Labute approximate surface area is 212 Å². The lowest BCUT2D eigenvalue weighted by Crippen LogP contribution is -2.21. The molecule has 0 radical (unpaired) electrons. The molecular weight excluding hydrogens is 480 g/mol. The van der Waals surface area contributed by atoms with Crippen molar-refractivity contribution >= 4 is 17.8 Å². The first-order valence-electron chi connectivity index (χ1n) is 11.4. The van der Waals surface area contributed by atoms with Gasteiger partial charge in [0.25, 0.3) is 0 Å². The van der Waals surface area contributed by atoms with E-state index in [1.54, 1.807) is 42.5 Å². The van der Waals surface area contributed by atoms with Crippen molar-refractivity contribution in [3.05, 3.63) is 70.5 Å². The van der Waals surface area contributed by atoms with Crippen LogP contribution in [0.4, 0.5) is 0 Å². The summed E-state index contributed by atoms with van der Waals surface area (Å²) in [5, 5.41) is 10.3. The number of hydrogen-bond acceptors (Lipinski definition) is 9. The van der Waals surface area contributed by atoms with E-state index in [9.17, 15) is 14.7 Å². The Hall–Kier alpha value is -4.66. The third-order valence-electron chi connectivity index (χ3n) is 6.37. The highest BCUT2D eigenvalue weighted by Gasteiger charge is 2.38. The van der Waals surface area contributed by atoms with Gasteiger partial charge in [0.1, 0.15) is 11.5 Å². The minimum atomic E-state index is -0.503. The van der Waals surface area contributed by atoms with Crippen molar-refractivity contribution in [3.63, 3.8) is 0 Å². The van der Waals surface area contributed by atoms with Crippen LogP contribution in [-0.2, 0) is 4.79 Å². The predicted octanol–water partition coefficient (Wildman–Crippen LogP) is 4.48. The molecule has 0 saturated heterocycles. The summed E-state index contributed by atoms with van der Waals surface area (Å²) in [6.45, 7) is 0. The molecule has 1 unspecified atom stereocenters. The molecule has 0 aliphatic carbocycles. The predicted molar refractivity (Wildman–Crippen MR) is 132 cm³/mol. The molecule has 3 aromatic rings. The van der Waals surface area contributed by atoms with E-state index in [4.69, 9.17) is 28.4 Å². The van der Waals surface area contributed by atoms with Gasteiger partial charge in [0, 0.05) is 11.5 Å². The lowest BCUT2D eigenvalue weighted by Gasteiger charge is -2.26. The number of ether oxygens (including phenoxy) is 6. The number of phenolic OH excluding ortho intramolecular Hbond substituents is 1. The van der Waals surface area contributed by atoms with E-state index in [-0.39, 0.29) is 23.7 Å². The molecule has 1 atom stereocenters. The minimum absolute atomic E-state index is 0.0126. The minimum Gasteiger partial charge on any atom is -0.504 e. The second-order valence-electron chi connectivity index (χ2n) is 8.41. The van der Waals surface area contributed by atoms with Crippen LogP contribution in [0.1, 0.15) is 39.4 Å². The number of methoxy groups -OCH3 is 4. The molecule has 37 heavy (non-hydrogen) atoms. The van der Waals surface area contributed by atoms with Crippen molar-refractivity contribution in [1.82, 2.24) is 0 Å². The molecule has 0 fully saturated rings. The van der Waals surface area contributed by atoms with Gasteiger partial charge in [-0.15, -0.1) is 0 Å². The molecule has 0 amide bonds. The monoisotopic (exact) mass is 504 g/mol. The van der Waals surface area contributed by atoms with Crippen LogP contribution in [0.3, 0.4) is 0 Å². The number of Topliss-reactive ketones (excluding diaryl/α,β-unsaturated/α-hetero) is 1. The smallest absolute Gasteiger partial charge is 0.312 e. The fourth-order valence-electron chi connectivity index (χ4n) is 4.65. The van der Waals surface area contributed by atoms with Crippen molar-refractivity contribution in [2.24, 2.45) is 0 Å². The van der Waals surface area contributed by atoms with Crippen molar-refractivity contribution in [2.45, 2.75) is 12.3 Å². The Morgan fingerprint density at radius 1 is 0.865 bits per heavy atom. The summed E-state index contributed by atoms with van der Waals surface area (Å²) in [4.78, 5) is 25.7. The molecule has 2 aliphatic heterocycles. The molecule has 0 bridgehead atoms. The summed E-state index contributed by atoms with van der Waals surface area (Å²) in [6, 6.07) is 11.5. The molecule has 3 aromatic carbocycles. The van der Waals surface area contributed by atoms with Crippen LogP contribution in [0.2, 0.25) is 0 Å². The quantitative estimate of drug-likeness (QED) is 0.295. The van der Waals surface area contributed by atoms with Crippen LogP contribution in [-0.4, -0.2) is 45.3 Å². The average molecular weight is 504 g/mol. The van der Waals surface area contributed by atoms with Crippen molar-refractivity contribution in [3.8, 4) is 40.2 Å². The van der Waals surface area contributed by atoms with Crippen LogP contribution < -0.4 is 28.4 Å². The van der Waals surface area contributed by atoms with Crippen molar-refractivity contribution in [2.75, 3.05) is 28.4 Å². The molecule has 2 heterocycles. The molecule has 9 heteroatoms. The van der Waals surface area contributed by atoms with E-state index in [0.717, 1.165) is 0 Å². The topological polar surface area (TPSA) is 110 Å². The van der Waals surface area contributed by atoms with Gasteiger partial charge in [-0.1, -0.05) is 6.07 Å². The fraction of sp³-hybridized carbons (Fsp3) is 0.214. The van der Waals surface area contributed by atoms with Gasteiger partial charge in [-0.2, -0.15) is 0 Å². The van der Waals surface area contributed by atoms with E-state index in [0.29, 0.717) is 56.8 Å². The van der Waals surface area contributed by atoms with Crippen LogP contribution in [0.5, 0.6) is 40.2 Å². The van der Waals surface area contributed by atoms with Gasteiger partial charge in [0.15, 0.2) is 28.8 Å². The third kappa shape index (κ3) is 4.08. The number of carbonyl (C=O) groups is 2. The van der Waals surface area contributed by atoms with E-state index >= 15 is 0 Å². The number of allylic oxidation sites excluding steroid dienone is 1. The Bertz CT molecular complexity index is 1430. The van der Waals surface area contributed by atoms with E-state index in [1.165, 1.54) is 34.5 Å². The molecule has 1 N–H and O–H groups in total. The van der Waals surface area contributed by atoms with Crippen molar-refractivity contribution < 1.29 is 43.1 Å². The Kier molecular flexibility index (Phi) is 6.12. The summed E-state index contributed by atoms with van der Waals surface area (Å²) in [6.07, 6.45) is 1.60. The number of fused-ring (bicyclic) bond motifs is 3. The molecular formula is C28H24O9. The zero-order valence-electron chi connectivity index (χ0n) is 20.6. The van der Waals surface area contributed by atoms with E-state index in [1.807, 2.05) is 0 Å². The zero-order chi connectivity index (χ0) is 26.3. The molecule has 0 spiro atoms. The number of rotatable bonds is 6. The van der Waals surface area contributed by atoms with E-state index < -0.39 is 11.9 Å². The number of hydrogen-bond donors (Lipinski definition) is 1. The molecule has 2 aliphatic rings. The zero-order valence-corrected chi connectivity index (χ0v) is 20.6. The summed E-state index contributed by atoms with van der Waals surface area (Å²) >= 11 is 0. The van der Waals surface area contributed by atoms with Crippen LogP contribution in [0.25, 0.3) is 6.08 Å². The van der Waals surface area contributed by atoms with Gasteiger partial charge in [0.2, 0.25) is 11.5 Å². The first-order valence-corrected chi connectivity index (χ1v) is 11.4. The summed E-state index contributed by atoms with van der Waals surface area (Å²) in [5.74, 6) is 0.991. The third-order valence-corrected chi connectivity index (χ3v) is 6.37. The number of aromatic hydroxyl groups is 1. The number of esters is 1. The van der Waals surface area contributed by atoms with Gasteiger partial charge in [0.05, 0.1) is 40.4 Å². The lowest BCUT2D eigenvalue weighted by atomic mass is 9.84. The Morgan fingerprint density at radius 3 is 2.19 bits per heavy atom. The van der Waals surface area contributed by atoms with Crippen molar-refractivity contribution in [1.29, 1.82) is 0 Å². The Balaban J connectivity index is 1.59. The number of benzene rings is 3. The maximum Gasteiger partial charge on any atom is 0.312 e. The molecule has 5 rings (SSSR count). The summed E-state index contributed by atoms with van der Waals surface area (Å²) < 4.78 is 32.9. The second-order valence-corrected chi connectivity index (χ2v) is 8.41. The highest BCUT2D eigenvalue weighted by atomic mass is 16.5.